The first-order valence-corrected chi connectivity index (χ1v) is 4.55. The minimum atomic E-state index is 0.00602. The van der Waals surface area contributed by atoms with Crippen LogP contribution in [0, 0.1) is 6.92 Å². The van der Waals surface area contributed by atoms with Crippen molar-refractivity contribution in [2.24, 2.45) is 0 Å². The molecule has 74 valence electrons. The van der Waals surface area contributed by atoms with Gasteiger partial charge in [-0.1, -0.05) is 29.8 Å². The van der Waals surface area contributed by atoms with Gasteiger partial charge in [-0.15, -0.1) is 0 Å². The smallest absolute Gasteiger partial charge is 0.246 e. The molecule has 1 aromatic carbocycles. The minimum Gasteiger partial charge on any atom is -0.345 e. The van der Waals surface area contributed by atoms with E-state index in [0.717, 1.165) is 5.56 Å². The van der Waals surface area contributed by atoms with E-state index in [1.54, 1.807) is 25.1 Å². The van der Waals surface area contributed by atoms with Gasteiger partial charge in [-0.05, 0) is 18.6 Å². The molecule has 2 nitrogen and oxygen atoms in total. The first-order valence-electron chi connectivity index (χ1n) is 4.55. The molecule has 14 heavy (non-hydrogen) atoms. The molecule has 0 unspecified atom stereocenters. The van der Waals surface area contributed by atoms with E-state index < -0.39 is 0 Å². The molecule has 0 radical (unpaired) electrons. The van der Waals surface area contributed by atoms with E-state index >= 15 is 0 Å². The highest BCUT2D eigenvalue weighted by molar-refractivity contribution is 5.91. The highest BCUT2D eigenvalue weighted by atomic mass is 16.2. The Balaban J connectivity index is 2.74. The Labute approximate surface area is 84.9 Å². The molecule has 2 heteroatoms. The summed E-state index contributed by atoms with van der Waals surface area (Å²) in [6, 6.07) is 8.03. The number of amides is 1. The number of rotatable bonds is 2. The highest BCUT2D eigenvalue weighted by Crippen LogP contribution is 2.05. The topological polar surface area (TPSA) is 20.3 Å². The zero-order chi connectivity index (χ0) is 10.6. The Morgan fingerprint density at radius 1 is 1.36 bits per heavy atom. The molecule has 0 heterocycles. The van der Waals surface area contributed by atoms with Crippen LogP contribution in [0.5, 0.6) is 0 Å². The lowest BCUT2D eigenvalue weighted by molar-refractivity contribution is -0.123. The van der Waals surface area contributed by atoms with Crippen LogP contribution in [0.1, 0.15) is 11.1 Å². The lowest BCUT2D eigenvalue weighted by Crippen LogP contribution is -2.18. The average Bonchev–Trinajstić information content (AvgIpc) is 2.14. The van der Waals surface area contributed by atoms with E-state index in [-0.39, 0.29) is 5.91 Å². The molecule has 0 bridgehead atoms. The normalized spacial score (nSPS) is 10.5. The summed E-state index contributed by atoms with van der Waals surface area (Å²) in [6.45, 7) is 2.03. The molecule has 0 aromatic heterocycles. The molecule has 1 amide bonds. The molecule has 0 saturated carbocycles. The van der Waals surface area contributed by atoms with Crippen LogP contribution in [0.4, 0.5) is 0 Å². The second kappa shape index (κ2) is 4.61. The van der Waals surface area contributed by atoms with Gasteiger partial charge in [0.2, 0.25) is 5.91 Å². The van der Waals surface area contributed by atoms with E-state index in [1.165, 1.54) is 5.56 Å². The quantitative estimate of drug-likeness (QED) is 0.652. The Hall–Kier alpha value is -1.57. The van der Waals surface area contributed by atoms with Crippen LogP contribution in [-0.4, -0.2) is 24.9 Å². The van der Waals surface area contributed by atoms with Gasteiger partial charge in [-0.25, -0.2) is 0 Å². The predicted molar refractivity (Wildman–Crippen MR) is 58.9 cm³/mol. The molecule has 1 aromatic rings. The molecule has 0 N–H and O–H groups in total. The number of hydrogen-bond donors (Lipinski definition) is 0. The van der Waals surface area contributed by atoms with Gasteiger partial charge in [0.1, 0.15) is 0 Å². The zero-order valence-electron chi connectivity index (χ0n) is 8.82. The number of aryl methyl sites for hydroxylation is 1. The summed E-state index contributed by atoms with van der Waals surface area (Å²) in [5, 5.41) is 0. The predicted octanol–water partition coefficient (Wildman–Crippen LogP) is 2.10. The average molecular weight is 189 g/mol. The maximum absolute atomic E-state index is 11.2. The molecule has 0 aliphatic carbocycles. The maximum atomic E-state index is 11.2. The molecular weight excluding hydrogens is 174 g/mol. The Kier molecular flexibility index (Phi) is 3.46. The number of likely N-dealkylation sites (N-methyl/N-ethyl adjacent to an activating group) is 1. The molecular formula is C12H15NO. The highest BCUT2D eigenvalue weighted by Gasteiger charge is 1.96. The SMILES string of the molecule is Cc1cccc(C=CC(=O)N(C)C)c1. The van der Waals surface area contributed by atoms with Crippen LogP contribution in [0.3, 0.4) is 0 Å². The number of carbonyl (C=O) groups excluding carboxylic acids is 1. The van der Waals surface area contributed by atoms with Crippen molar-refractivity contribution in [3.63, 3.8) is 0 Å². The first-order chi connectivity index (χ1) is 6.59. The second-order valence-corrected chi connectivity index (χ2v) is 3.48. The first kappa shape index (κ1) is 10.5. The number of nitrogens with zero attached hydrogens (tertiary/aromatic N) is 1. The third-order valence-corrected chi connectivity index (χ3v) is 1.90. The molecule has 0 saturated heterocycles. The Bertz CT molecular complexity index is 353. The fourth-order valence-corrected chi connectivity index (χ4v) is 1.09. The number of hydrogen-bond acceptors (Lipinski definition) is 1. The Morgan fingerprint density at radius 3 is 2.64 bits per heavy atom. The van der Waals surface area contributed by atoms with Crippen LogP contribution in [0.25, 0.3) is 6.08 Å². The fourth-order valence-electron chi connectivity index (χ4n) is 1.09. The molecule has 1 rings (SSSR count). The van der Waals surface area contributed by atoms with E-state index in [2.05, 4.69) is 0 Å². The lowest BCUT2D eigenvalue weighted by atomic mass is 10.1. The second-order valence-electron chi connectivity index (χ2n) is 3.48. The van der Waals surface area contributed by atoms with Crippen LogP contribution < -0.4 is 0 Å². The van der Waals surface area contributed by atoms with Crippen molar-refractivity contribution in [3.05, 3.63) is 41.5 Å². The summed E-state index contributed by atoms with van der Waals surface area (Å²) in [7, 11) is 3.48. The molecule has 0 aliphatic rings. The standard InChI is InChI=1S/C12H15NO/c1-10-5-4-6-11(9-10)7-8-12(14)13(2)3/h4-9H,1-3H3. The summed E-state index contributed by atoms with van der Waals surface area (Å²) in [4.78, 5) is 12.8. The molecule has 0 atom stereocenters. The summed E-state index contributed by atoms with van der Waals surface area (Å²) >= 11 is 0. The maximum Gasteiger partial charge on any atom is 0.246 e. The van der Waals surface area contributed by atoms with Gasteiger partial charge in [0.15, 0.2) is 0 Å². The van der Waals surface area contributed by atoms with Crippen molar-refractivity contribution in [1.82, 2.24) is 4.90 Å². The van der Waals surface area contributed by atoms with Gasteiger partial charge in [-0.2, -0.15) is 0 Å². The summed E-state index contributed by atoms with van der Waals surface area (Å²) in [5.41, 5.74) is 2.25. The van der Waals surface area contributed by atoms with Crippen molar-refractivity contribution in [2.75, 3.05) is 14.1 Å². The van der Waals surface area contributed by atoms with Crippen LogP contribution >= 0.6 is 0 Å². The third kappa shape index (κ3) is 3.05. The zero-order valence-corrected chi connectivity index (χ0v) is 8.82. The van der Waals surface area contributed by atoms with Gasteiger partial charge in [0.05, 0.1) is 0 Å². The monoisotopic (exact) mass is 189 g/mol. The van der Waals surface area contributed by atoms with Gasteiger partial charge >= 0.3 is 0 Å². The van der Waals surface area contributed by atoms with E-state index in [4.69, 9.17) is 0 Å². The van der Waals surface area contributed by atoms with E-state index in [0.29, 0.717) is 0 Å². The van der Waals surface area contributed by atoms with Gasteiger partial charge < -0.3 is 4.90 Å². The van der Waals surface area contributed by atoms with Crippen molar-refractivity contribution in [3.8, 4) is 0 Å². The van der Waals surface area contributed by atoms with E-state index in [9.17, 15) is 4.79 Å². The number of carbonyl (C=O) groups is 1. The summed E-state index contributed by atoms with van der Waals surface area (Å²) in [6.07, 6.45) is 3.41. The van der Waals surface area contributed by atoms with Crippen molar-refractivity contribution in [2.45, 2.75) is 6.92 Å². The van der Waals surface area contributed by atoms with Gasteiger partial charge in [0, 0.05) is 20.2 Å². The van der Waals surface area contributed by atoms with Crippen LogP contribution in [0.15, 0.2) is 30.3 Å². The Morgan fingerprint density at radius 2 is 2.07 bits per heavy atom. The lowest BCUT2D eigenvalue weighted by Gasteiger charge is -2.05. The van der Waals surface area contributed by atoms with Crippen LogP contribution in [0.2, 0.25) is 0 Å². The largest absolute Gasteiger partial charge is 0.345 e. The molecule has 0 spiro atoms. The summed E-state index contributed by atoms with van der Waals surface area (Å²) in [5.74, 6) is 0.00602. The van der Waals surface area contributed by atoms with Crippen LogP contribution in [-0.2, 0) is 4.79 Å². The minimum absolute atomic E-state index is 0.00602. The number of benzene rings is 1. The molecule has 0 fully saturated rings. The summed E-state index contributed by atoms with van der Waals surface area (Å²) < 4.78 is 0. The van der Waals surface area contributed by atoms with Crippen molar-refractivity contribution >= 4 is 12.0 Å². The third-order valence-electron chi connectivity index (χ3n) is 1.90. The van der Waals surface area contributed by atoms with Crippen molar-refractivity contribution < 1.29 is 4.79 Å². The van der Waals surface area contributed by atoms with Crippen molar-refractivity contribution in [1.29, 1.82) is 0 Å². The van der Waals surface area contributed by atoms with Gasteiger partial charge in [0.25, 0.3) is 0 Å². The fraction of sp³-hybridized carbons (Fsp3) is 0.250. The van der Waals surface area contributed by atoms with E-state index in [1.807, 2.05) is 37.3 Å². The molecule has 0 aliphatic heterocycles. The van der Waals surface area contributed by atoms with Gasteiger partial charge in [-0.3, -0.25) is 4.79 Å².